The second-order valence-electron chi connectivity index (χ2n) is 6.92. The van der Waals surface area contributed by atoms with Crippen molar-refractivity contribution in [3.8, 4) is 11.5 Å². The Morgan fingerprint density at radius 1 is 1.17 bits per heavy atom. The van der Waals surface area contributed by atoms with Gasteiger partial charge >= 0.3 is 0 Å². The SMILES string of the molecule is CCCCn1c(SCC(=O)Nc2ccc3c(c2)OCCO3)nc2ccccc2c1=O. The maximum absolute atomic E-state index is 12.9. The molecule has 3 aromatic rings. The van der Waals surface area contributed by atoms with Crippen molar-refractivity contribution < 1.29 is 14.3 Å². The van der Waals surface area contributed by atoms with Crippen molar-refractivity contribution in [1.29, 1.82) is 0 Å². The fraction of sp³-hybridized carbons (Fsp3) is 0.318. The first-order valence-corrected chi connectivity index (χ1v) is 11.0. The van der Waals surface area contributed by atoms with E-state index in [0.717, 1.165) is 12.8 Å². The van der Waals surface area contributed by atoms with Gasteiger partial charge in [0.25, 0.3) is 5.56 Å². The number of rotatable bonds is 7. The van der Waals surface area contributed by atoms with Crippen LogP contribution in [0.5, 0.6) is 11.5 Å². The van der Waals surface area contributed by atoms with Crippen molar-refractivity contribution in [3.05, 3.63) is 52.8 Å². The molecule has 0 atom stereocenters. The fourth-order valence-electron chi connectivity index (χ4n) is 3.22. The van der Waals surface area contributed by atoms with Crippen molar-refractivity contribution in [2.75, 3.05) is 24.3 Å². The first-order valence-electron chi connectivity index (χ1n) is 9.97. The van der Waals surface area contributed by atoms with E-state index in [1.807, 2.05) is 18.2 Å². The summed E-state index contributed by atoms with van der Waals surface area (Å²) in [5.41, 5.74) is 1.22. The van der Waals surface area contributed by atoms with Crippen molar-refractivity contribution in [1.82, 2.24) is 9.55 Å². The highest BCUT2D eigenvalue weighted by molar-refractivity contribution is 7.99. The van der Waals surface area contributed by atoms with Gasteiger partial charge in [-0.15, -0.1) is 0 Å². The van der Waals surface area contributed by atoms with Crippen molar-refractivity contribution in [2.24, 2.45) is 0 Å². The Morgan fingerprint density at radius 3 is 2.80 bits per heavy atom. The van der Waals surface area contributed by atoms with Gasteiger partial charge in [0, 0.05) is 18.3 Å². The Bertz CT molecular complexity index is 1130. The fourth-order valence-corrected chi connectivity index (χ4v) is 4.04. The quantitative estimate of drug-likeness (QED) is 0.459. The number of nitrogens with zero attached hydrogens (tertiary/aromatic N) is 2. The van der Waals surface area contributed by atoms with Gasteiger partial charge in [0.2, 0.25) is 5.91 Å². The smallest absolute Gasteiger partial charge is 0.262 e. The van der Waals surface area contributed by atoms with Crippen LogP contribution in [0.4, 0.5) is 5.69 Å². The first kappa shape index (κ1) is 20.3. The first-order chi connectivity index (χ1) is 14.7. The number of fused-ring (bicyclic) bond motifs is 2. The van der Waals surface area contributed by atoms with E-state index < -0.39 is 0 Å². The molecule has 0 unspecified atom stereocenters. The summed E-state index contributed by atoms with van der Waals surface area (Å²) in [7, 11) is 0. The molecule has 1 aliphatic rings. The Balaban J connectivity index is 1.49. The highest BCUT2D eigenvalue weighted by atomic mass is 32.2. The molecular formula is C22H23N3O4S. The molecule has 4 rings (SSSR count). The lowest BCUT2D eigenvalue weighted by Crippen LogP contribution is -2.24. The van der Waals surface area contributed by atoms with Crippen LogP contribution in [0, 0.1) is 0 Å². The number of unbranched alkanes of at least 4 members (excludes halogenated alkanes) is 1. The van der Waals surface area contributed by atoms with Gasteiger partial charge in [-0.3, -0.25) is 14.2 Å². The van der Waals surface area contributed by atoms with E-state index >= 15 is 0 Å². The Labute approximate surface area is 178 Å². The Kier molecular flexibility index (Phi) is 6.23. The van der Waals surface area contributed by atoms with Gasteiger partial charge in [-0.1, -0.05) is 37.2 Å². The van der Waals surface area contributed by atoms with Gasteiger partial charge in [0.1, 0.15) is 13.2 Å². The van der Waals surface area contributed by atoms with Crippen molar-refractivity contribution in [3.63, 3.8) is 0 Å². The summed E-state index contributed by atoms with van der Waals surface area (Å²) in [6.45, 7) is 3.67. The topological polar surface area (TPSA) is 82.5 Å². The minimum atomic E-state index is -0.180. The van der Waals surface area contributed by atoms with Crippen LogP contribution in [0.25, 0.3) is 10.9 Å². The number of ether oxygens (including phenoxy) is 2. The summed E-state index contributed by atoms with van der Waals surface area (Å²) < 4.78 is 12.7. The molecule has 2 aromatic carbocycles. The molecule has 1 N–H and O–H groups in total. The number of benzene rings is 2. The molecule has 1 aromatic heterocycles. The summed E-state index contributed by atoms with van der Waals surface area (Å²) in [5.74, 6) is 1.26. The van der Waals surface area contributed by atoms with Crippen LogP contribution in [-0.2, 0) is 11.3 Å². The predicted molar refractivity (Wildman–Crippen MR) is 118 cm³/mol. The zero-order chi connectivity index (χ0) is 20.9. The number of hydrogen-bond donors (Lipinski definition) is 1. The van der Waals surface area contributed by atoms with E-state index in [9.17, 15) is 9.59 Å². The van der Waals surface area contributed by atoms with Gasteiger partial charge in [-0.2, -0.15) is 0 Å². The molecule has 0 saturated heterocycles. The van der Waals surface area contributed by atoms with E-state index in [1.54, 1.807) is 28.8 Å². The molecule has 0 spiro atoms. The molecule has 0 fully saturated rings. The third kappa shape index (κ3) is 4.43. The Morgan fingerprint density at radius 2 is 1.97 bits per heavy atom. The van der Waals surface area contributed by atoms with Crippen LogP contribution < -0.4 is 20.3 Å². The number of hydrogen-bond acceptors (Lipinski definition) is 6. The second kappa shape index (κ2) is 9.21. The van der Waals surface area contributed by atoms with Gasteiger partial charge in [0.15, 0.2) is 16.7 Å². The third-order valence-corrected chi connectivity index (χ3v) is 5.70. The molecule has 30 heavy (non-hydrogen) atoms. The van der Waals surface area contributed by atoms with Gasteiger partial charge in [-0.05, 0) is 30.7 Å². The van der Waals surface area contributed by atoms with Crippen LogP contribution in [-0.4, -0.2) is 34.4 Å². The number of nitrogens with one attached hydrogen (secondary N) is 1. The van der Waals surface area contributed by atoms with Crippen LogP contribution >= 0.6 is 11.8 Å². The van der Waals surface area contributed by atoms with Gasteiger partial charge in [-0.25, -0.2) is 4.98 Å². The summed E-state index contributed by atoms with van der Waals surface area (Å²) >= 11 is 1.27. The number of para-hydroxylation sites is 1. The molecule has 2 heterocycles. The van der Waals surface area contributed by atoms with Crippen LogP contribution in [0.15, 0.2) is 52.4 Å². The molecule has 1 amide bonds. The molecule has 0 saturated carbocycles. The van der Waals surface area contributed by atoms with Crippen LogP contribution in [0.3, 0.4) is 0 Å². The van der Waals surface area contributed by atoms with E-state index in [1.165, 1.54) is 11.8 Å². The summed E-state index contributed by atoms with van der Waals surface area (Å²) in [5, 5.41) is 4.02. The molecule has 7 nitrogen and oxygen atoms in total. The average molecular weight is 426 g/mol. The number of carbonyl (C=O) groups is 1. The van der Waals surface area contributed by atoms with Crippen LogP contribution in [0.2, 0.25) is 0 Å². The van der Waals surface area contributed by atoms with Gasteiger partial charge < -0.3 is 14.8 Å². The number of carbonyl (C=O) groups excluding carboxylic acids is 1. The standard InChI is InChI=1S/C22H23N3O4S/c1-2-3-10-25-21(27)16-6-4-5-7-17(16)24-22(25)30-14-20(26)23-15-8-9-18-19(13-15)29-12-11-28-18/h4-9,13H,2-3,10-12,14H2,1H3,(H,23,26). The molecular weight excluding hydrogens is 402 g/mol. The van der Waals surface area contributed by atoms with E-state index in [2.05, 4.69) is 17.2 Å². The molecule has 156 valence electrons. The zero-order valence-corrected chi connectivity index (χ0v) is 17.5. The maximum atomic E-state index is 12.9. The summed E-state index contributed by atoms with van der Waals surface area (Å²) in [4.78, 5) is 30.1. The van der Waals surface area contributed by atoms with Crippen LogP contribution in [0.1, 0.15) is 19.8 Å². The number of thioether (sulfide) groups is 1. The zero-order valence-electron chi connectivity index (χ0n) is 16.7. The average Bonchev–Trinajstić information content (AvgIpc) is 2.77. The van der Waals surface area contributed by atoms with E-state index in [0.29, 0.717) is 53.0 Å². The van der Waals surface area contributed by atoms with E-state index in [4.69, 9.17) is 9.47 Å². The molecule has 0 bridgehead atoms. The number of anilines is 1. The number of amides is 1. The minimum Gasteiger partial charge on any atom is -0.486 e. The summed E-state index contributed by atoms with van der Waals surface area (Å²) in [6, 6.07) is 12.6. The van der Waals surface area contributed by atoms with Crippen molar-refractivity contribution >= 4 is 34.3 Å². The molecule has 0 aliphatic carbocycles. The normalized spacial score (nSPS) is 12.7. The van der Waals surface area contributed by atoms with E-state index in [-0.39, 0.29) is 17.2 Å². The lowest BCUT2D eigenvalue weighted by atomic mass is 10.2. The molecule has 0 radical (unpaired) electrons. The molecule has 8 heteroatoms. The predicted octanol–water partition coefficient (Wildman–Crippen LogP) is 3.70. The lowest BCUT2D eigenvalue weighted by molar-refractivity contribution is -0.113. The second-order valence-corrected chi connectivity index (χ2v) is 7.86. The maximum Gasteiger partial charge on any atom is 0.262 e. The molecule has 1 aliphatic heterocycles. The highest BCUT2D eigenvalue weighted by Gasteiger charge is 2.15. The monoisotopic (exact) mass is 425 g/mol. The highest BCUT2D eigenvalue weighted by Crippen LogP contribution is 2.32. The lowest BCUT2D eigenvalue weighted by Gasteiger charge is -2.19. The third-order valence-electron chi connectivity index (χ3n) is 4.72. The summed E-state index contributed by atoms with van der Waals surface area (Å²) in [6.07, 6.45) is 1.84. The Hall–Kier alpha value is -3.00. The largest absolute Gasteiger partial charge is 0.486 e. The van der Waals surface area contributed by atoms with Gasteiger partial charge in [0.05, 0.1) is 16.7 Å². The van der Waals surface area contributed by atoms with Crippen molar-refractivity contribution in [2.45, 2.75) is 31.5 Å². The minimum absolute atomic E-state index is 0.0659. The number of aromatic nitrogens is 2.